The first-order valence-corrected chi connectivity index (χ1v) is 10.5. The topological polar surface area (TPSA) is 75.7 Å². The second kappa shape index (κ2) is 6.56. The molecule has 2 heterocycles. The van der Waals surface area contributed by atoms with Crippen molar-refractivity contribution in [3.8, 4) is 5.75 Å². The predicted molar refractivity (Wildman–Crippen MR) is 104 cm³/mol. The fourth-order valence-electron chi connectivity index (χ4n) is 3.97. The van der Waals surface area contributed by atoms with E-state index >= 15 is 0 Å². The standard InChI is InChI=1S/C20H22N2O4S/c1-13-10-17(26-2)6-7-18(13)27(24,25)21-16-11-14-4-3-9-22-19(23)8-5-15(12-16)20(14)22/h6-7,10-12,21H,3-5,8-9H2,1-2H3. The van der Waals surface area contributed by atoms with Gasteiger partial charge in [-0.15, -0.1) is 0 Å². The van der Waals surface area contributed by atoms with Crippen LogP contribution in [0.25, 0.3) is 0 Å². The maximum absolute atomic E-state index is 12.9. The van der Waals surface area contributed by atoms with Gasteiger partial charge in [0.15, 0.2) is 0 Å². The van der Waals surface area contributed by atoms with Crippen molar-refractivity contribution in [3.05, 3.63) is 47.0 Å². The van der Waals surface area contributed by atoms with Crippen molar-refractivity contribution in [1.29, 1.82) is 0 Å². The van der Waals surface area contributed by atoms with Gasteiger partial charge in [0.2, 0.25) is 5.91 Å². The van der Waals surface area contributed by atoms with E-state index in [4.69, 9.17) is 4.74 Å². The van der Waals surface area contributed by atoms with Crippen LogP contribution in [0.1, 0.15) is 29.5 Å². The molecule has 1 N–H and O–H groups in total. The third kappa shape index (κ3) is 3.16. The molecule has 0 unspecified atom stereocenters. The summed E-state index contributed by atoms with van der Waals surface area (Å²) in [5.41, 5.74) is 4.24. The quantitative estimate of drug-likeness (QED) is 0.876. The van der Waals surface area contributed by atoms with E-state index in [1.165, 1.54) is 0 Å². The van der Waals surface area contributed by atoms with Crippen LogP contribution in [0.4, 0.5) is 11.4 Å². The molecule has 2 aliphatic heterocycles. The van der Waals surface area contributed by atoms with Crippen molar-refractivity contribution in [3.63, 3.8) is 0 Å². The number of anilines is 2. The summed E-state index contributed by atoms with van der Waals surface area (Å²) < 4.78 is 33.7. The molecular weight excluding hydrogens is 364 g/mol. The summed E-state index contributed by atoms with van der Waals surface area (Å²) in [5.74, 6) is 0.778. The zero-order valence-corrected chi connectivity index (χ0v) is 16.2. The highest BCUT2D eigenvalue weighted by atomic mass is 32.2. The van der Waals surface area contributed by atoms with E-state index in [0.717, 1.165) is 36.2 Å². The molecule has 27 heavy (non-hydrogen) atoms. The molecule has 0 atom stereocenters. The average Bonchev–Trinajstić information content (AvgIpc) is 2.63. The van der Waals surface area contributed by atoms with Gasteiger partial charge < -0.3 is 9.64 Å². The minimum Gasteiger partial charge on any atom is -0.497 e. The number of hydrogen-bond donors (Lipinski definition) is 1. The zero-order chi connectivity index (χ0) is 19.2. The lowest BCUT2D eigenvalue weighted by atomic mass is 9.91. The lowest BCUT2D eigenvalue weighted by Gasteiger charge is -2.35. The van der Waals surface area contributed by atoms with Gasteiger partial charge in [-0.1, -0.05) is 0 Å². The number of carbonyl (C=O) groups is 1. The van der Waals surface area contributed by atoms with Gasteiger partial charge in [0.1, 0.15) is 5.75 Å². The van der Waals surface area contributed by atoms with Crippen LogP contribution >= 0.6 is 0 Å². The Morgan fingerprint density at radius 2 is 1.81 bits per heavy atom. The van der Waals surface area contributed by atoms with Crippen LogP contribution in [-0.2, 0) is 27.7 Å². The van der Waals surface area contributed by atoms with Crippen LogP contribution in [0, 0.1) is 6.92 Å². The first kappa shape index (κ1) is 17.9. The molecule has 0 radical (unpaired) electrons. The summed E-state index contributed by atoms with van der Waals surface area (Å²) in [5, 5.41) is 0. The normalized spacial score (nSPS) is 16.1. The Balaban J connectivity index is 1.70. The molecular formula is C20H22N2O4S. The third-order valence-corrected chi connectivity index (χ3v) is 6.74. The van der Waals surface area contributed by atoms with Crippen LogP contribution in [0.5, 0.6) is 5.75 Å². The van der Waals surface area contributed by atoms with Gasteiger partial charge >= 0.3 is 0 Å². The molecule has 6 nitrogen and oxygen atoms in total. The Labute approximate surface area is 159 Å². The largest absolute Gasteiger partial charge is 0.497 e. The second-order valence-electron chi connectivity index (χ2n) is 7.03. The lowest BCUT2D eigenvalue weighted by Crippen LogP contribution is -2.39. The van der Waals surface area contributed by atoms with Gasteiger partial charge in [0, 0.05) is 18.7 Å². The molecule has 4 rings (SSSR count). The fourth-order valence-corrected chi connectivity index (χ4v) is 5.24. The first-order chi connectivity index (χ1) is 12.9. The van der Waals surface area contributed by atoms with E-state index in [1.807, 2.05) is 17.0 Å². The number of nitrogens with zero attached hydrogens (tertiary/aromatic N) is 1. The number of nitrogens with one attached hydrogen (secondary N) is 1. The van der Waals surface area contributed by atoms with Gasteiger partial charge in [0.25, 0.3) is 10.0 Å². The minimum absolute atomic E-state index is 0.158. The highest BCUT2D eigenvalue weighted by Gasteiger charge is 2.30. The molecule has 2 aliphatic rings. The smallest absolute Gasteiger partial charge is 0.262 e. The van der Waals surface area contributed by atoms with Crippen LogP contribution in [0.2, 0.25) is 0 Å². The predicted octanol–water partition coefficient (Wildman–Crippen LogP) is 3.03. The first-order valence-electron chi connectivity index (χ1n) is 9.02. The maximum atomic E-state index is 12.9. The number of ether oxygens (including phenoxy) is 1. The van der Waals surface area contributed by atoms with Crippen LogP contribution in [0.15, 0.2) is 35.2 Å². The molecule has 0 bridgehead atoms. The fraction of sp³-hybridized carbons (Fsp3) is 0.350. The maximum Gasteiger partial charge on any atom is 0.262 e. The SMILES string of the molecule is COc1ccc(S(=O)(=O)Nc2cc3c4c(c2)CCC(=O)N4CCC3)c(C)c1. The van der Waals surface area contributed by atoms with E-state index in [9.17, 15) is 13.2 Å². The number of benzene rings is 2. The number of rotatable bonds is 4. The molecule has 7 heteroatoms. The molecule has 0 saturated carbocycles. The van der Waals surface area contributed by atoms with E-state index in [0.29, 0.717) is 29.8 Å². The van der Waals surface area contributed by atoms with Crippen molar-refractivity contribution in [1.82, 2.24) is 0 Å². The number of aryl methyl sites for hydroxylation is 3. The Morgan fingerprint density at radius 1 is 1.07 bits per heavy atom. The molecule has 0 saturated heterocycles. The Hall–Kier alpha value is -2.54. The monoisotopic (exact) mass is 386 g/mol. The molecule has 2 aromatic carbocycles. The lowest BCUT2D eigenvalue weighted by molar-refractivity contribution is -0.119. The summed E-state index contributed by atoms with van der Waals surface area (Å²) in [6.07, 6.45) is 2.87. The Morgan fingerprint density at radius 3 is 2.52 bits per heavy atom. The molecule has 0 fully saturated rings. The van der Waals surface area contributed by atoms with Crippen molar-refractivity contribution in [2.24, 2.45) is 0 Å². The van der Waals surface area contributed by atoms with Crippen molar-refractivity contribution < 1.29 is 17.9 Å². The van der Waals surface area contributed by atoms with Crippen molar-refractivity contribution in [2.45, 2.75) is 37.5 Å². The number of methoxy groups -OCH3 is 1. The minimum atomic E-state index is -3.71. The van der Waals surface area contributed by atoms with Gasteiger partial charge in [-0.2, -0.15) is 0 Å². The molecule has 142 valence electrons. The highest BCUT2D eigenvalue weighted by Crippen LogP contribution is 2.38. The van der Waals surface area contributed by atoms with E-state index in [1.54, 1.807) is 32.2 Å². The summed E-state index contributed by atoms with van der Waals surface area (Å²) >= 11 is 0. The van der Waals surface area contributed by atoms with Gasteiger partial charge in [-0.3, -0.25) is 9.52 Å². The van der Waals surface area contributed by atoms with Crippen molar-refractivity contribution >= 4 is 27.3 Å². The summed E-state index contributed by atoms with van der Waals surface area (Å²) in [4.78, 5) is 14.2. The van der Waals surface area contributed by atoms with Crippen LogP contribution in [-0.4, -0.2) is 28.0 Å². The van der Waals surface area contributed by atoms with E-state index < -0.39 is 10.0 Å². The average molecular weight is 386 g/mol. The number of sulfonamides is 1. The van der Waals surface area contributed by atoms with Crippen molar-refractivity contribution in [2.75, 3.05) is 23.3 Å². The summed E-state index contributed by atoms with van der Waals surface area (Å²) in [7, 11) is -2.16. The third-order valence-electron chi connectivity index (χ3n) is 5.20. The Kier molecular flexibility index (Phi) is 4.34. The Bertz CT molecular complexity index is 1010. The molecule has 0 aromatic heterocycles. The molecule has 1 amide bonds. The van der Waals surface area contributed by atoms with Crippen LogP contribution < -0.4 is 14.4 Å². The number of amides is 1. The van der Waals surface area contributed by atoms with Crippen LogP contribution in [0.3, 0.4) is 0 Å². The van der Waals surface area contributed by atoms with E-state index in [-0.39, 0.29) is 10.8 Å². The summed E-state index contributed by atoms with van der Waals surface area (Å²) in [6, 6.07) is 8.62. The van der Waals surface area contributed by atoms with Gasteiger partial charge in [0.05, 0.1) is 17.7 Å². The zero-order valence-electron chi connectivity index (χ0n) is 15.4. The summed E-state index contributed by atoms with van der Waals surface area (Å²) in [6.45, 7) is 2.49. The number of hydrogen-bond acceptors (Lipinski definition) is 4. The second-order valence-corrected chi connectivity index (χ2v) is 8.68. The molecule has 0 spiro atoms. The van der Waals surface area contributed by atoms with E-state index in [2.05, 4.69) is 4.72 Å². The molecule has 0 aliphatic carbocycles. The number of carbonyl (C=O) groups excluding carboxylic acids is 1. The van der Waals surface area contributed by atoms with Gasteiger partial charge in [-0.05, 0) is 73.2 Å². The van der Waals surface area contributed by atoms with Gasteiger partial charge in [-0.25, -0.2) is 8.42 Å². The molecule has 2 aromatic rings. The highest BCUT2D eigenvalue weighted by molar-refractivity contribution is 7.92.